The molecular weight excluding hydrogens is 158 g/mol. The maximum Gasteiger partial charge on any atom is 0.252 e. The van der Waals surface area contributed by atoms with E-state index >= 15 is 0 Å². The van der Waals surface area contributed by atoms with Crippen molar-refractivity contribution in [1.82, 2.24) is 0 Å². The van der Waals surface area contributed by atoms with Crippen LogP contribution in [0.5, 0.6) is 0 Å². The van der Waals surface area contributed by atoms with Crippen LogP contribution in [0.1, 0.15) is 15.9 Å². The van der Waals surface area contributed by atoms with Gasteiger partial charge in [-0.3, -0.25) is 4.79 Å². The quantitative estimate of drug-likeness (QED) is 0.477. The minimum absolute atomic E-state index is 0.389. The first-order chi connectivity index (χ1) is 5.24. The normalized spacial score (nSPS) is 9.55. The van der Waals surface area contributed by atoms with E-state index in [1.807, 2.05) is 26.0 Å². The Bertz CT molecular complexity index is 273. The van der Waals surface area contributed by atoms with Crippen molar-refractivity contribution in [2.24, 2.45) is 0 Å². The van der Waals surface area contributed by atoms with Gasteiger partial charge >= 0.3 is 0 Å². The SMILES string of the molecule is BCc1cccc(C(=O)Cl)c1. The second-order valence-electron chi connectivity index (χ2n) is 2.33. The van der Waals surface area contributed by atoms with Gasteiger partial charge in [0.2, 0.25) is 0 Å². The lowest BCUT2D eigenvalue weighted by atomic mass is 9.96. The van der Waals surface area contributed by atoms with Crippen molar-refractivity contribution < 1.29 is 4.79 Å². The zero-order valence-corrected chi connectivity index (χ0v) is 7.06. The molecule has 0 radical (unpaired) electrons. The van der Waals surface area contributed by atoms with E-state index in [4.69, 9.17) is 11.6 Å². The van der Waals surface area contributed by atoms with Crippen LogP contribution >= 0.6 is 11.6 Å². The van der Waals surface area contributed by atoms with Crippen molar-refractivity contribution in [2.45, 2.75) is 6.32 Å². The predicted octanol–water partition coefficient (Wildman–Crippen LogP) is 1.20. The van der Waals surface area contributed by atoms with Crippen LogP contribution in [0.25, 0.3) is 0 Å². The summed E-state index contributed by atoms with van der Waals surface area (Å²) in [5.74, 6) is 0. The molecule has 1 aromatic carbocycles. The molecule has 1 rings (SSSR count). The Morgan fingerprint density at radius 3 is 2.82 bits per heavy atom. The highest BCUT2D eigenvalue weighted by molar-refractivity contribution is 6.67. The first kappa shape index (κ1) is 8.34. The molecule has 0 saturated heterocycles. The Hall–Kier alpha value is -0.755. The van der Waals surface area contributed by atoms with Gasteiger partial charge in [-0.2, -0.15) is 0 Å². The van der Waals surface area contributed by atoms with E-state index in [9.17, 15) is 4.79 Å². The molecule has 0 aliphatic rings. The molecule has 0 aromatic heterocycles. The van der Waals surface area contributed by atoms with E-state index in [-0.39, 0.29) is 5.24 Å². The maximum absolute atomic E-state index is 10.7. The van der Waals surface area contributed by atoms with Crippen molar-refractivity contribution in [3.05, 3.63) is 35.4 Å². The van der Waals surface area contributed by atoms with E-state index < -0.39 is 0 Å². The molecule has 0 heterocycles. The zero-order chi connectivity index (χ0) is 8.27. The lowest BCUT2D eigenvalue weighted by molar-refractivity contribution is 0.108. The topological polar surface area (TPSA) is 17.1 Å². The molecule has 0 bridgehead atoms. The van der Waals surface area contributed by atoms with Crippen LogP contribution in [0.4, 0.5) is 0 Å². The molecule has 3 heteroatoms. The third-order valence-corrected chi connectivity index (χ3v) is 1.78. The van der Waals surface area contributed by atoms with Gasteiger partial charge in [-0.05, 0) is 17.7 Å². The Kier molecular flexibility index (Phi) is 2.72. The summed E-state index contributed by atoms with van der Waals surface area (Å²) in [5, 5.41) is -0.389. The number of halogens is 1. The molecule has 0 amide bonds. The molecule has 11 heavy (non-hydrogen) atoms. The van der Waals surface area contributed by atoms with Gasteiger partial charge in [0.25, 0.3) is 5.24 Å². The van der Waals surface area contributed by atoms with Gasteiger partial charge in [0.1, 0.15) is 7.85 Å². The summed E-state index contributed by atoms with van der Waals surface area (Å²) in [5.41, 5.74) is 1.71. The molecule has 0 aliphatic heterocycles. The molecule has 0 N–H and O–H groups in total. The summed E-state index contributed by atoms with van der Waals surface area (Å²) >= 11 is 5.29. The summed E-state index contributed by atoms with van der Waals surface area (Å²) in [6.07, 6.45) is 0.929. The van der Waals surface area contributed by atoms with E-state index in [0.29, 0.717) is 5.56 Å². The summed E-state index contributed by atoms with van der Waals surface area (Å²) in [6, 6.07) is 7.35. The maximum atomic E-state index is 10.7. The molecule has 0 spiro atoms. The number of carbonyl (C=O) groups excluding carboxylic acids is 1. The minimum Gasteiger partial charge on any atom is -0.276 e. The molecule has 0 fully saturated rings. The first-order valence-corrected chi connectivity index (χ1v) is 3.90. The van der Waals surface area contributed by atoms with Crippen molar-refractivity contribution in [3.63, 3.8) is 0 Å². The fraction of sp³-hybridized carbons (Fsp3) is 0.125. The Labute approximate surface area is 71.8 Å². The second kappa shape index (κ2) is 3.58. The highest BCUT2D eigenvalue weighted by atomic mass is 35.5. The second-order valence-corrected chi connectivity index (χ2v) is 2.67. The molecule has 1 nitrogen and oxygen atoms in total. The molecule has 0 atom stereocenters. The van der Waals surface area contributed by atoms with E-state index in [0.717, 1.165) is 11.9 Å². The van der Waals surface area contributed by atoms with E-state index in [2.05, 4.69) is 0 Å². The number of rotatable bonds is 2. The van der Waals surface area contributed by atoms with Gasteiger partial charge in [-0.25, -0.2) is 0 Å². The van der Waals surface area contributed by atoms with Crippen molar-refractivity contribution in [3.8, 4) is 0 Å². The number of benzene rings is 1. The average molecular weight is 166 g/mol. The van der Waals surface area contributed by atoms with Crippen molar-refractivity contribution in [1.29, 1.82) is 0 Å². The summed E-state index contributed by atoms with van der Waals surface area (Å²) in [4.78, 5) is 10.7. The molecular formula is C8H8BClO. The van der Waals surface area contributed by atoms with E-state index in [1.54, 1.807) is 6.07 Å². The van der Waals surface area contributed by atoms with Gasteiger partial charge in [0, 0.05) is 5.56 Å². The average Bonchev–Trinajstić information content (AvgIpc) is 2.05. The largest absolute Gasteiger partial charge is 0.276 e. The van der Waals surface area contributed by atoms with Crippen LogP contribution in [0.3, 0.4) is 0 Å². The van der Waals surface area contributed by atoms with Gasteiger partial charge in [0.05, 0.1) is 0 Å². The number of hydrogen-bond donors (Lipinski definition) is 0. The summed E-state index contributed by atoms with van der Waals surface area (Å²) in [6.45, 7) is 0. The van der Waals surface area contributed by atoms with Crippen LogP contribution in [0.15, 0.2) is 24.3 Å². The van der Waals surface area contributed by atoms with Crippen LogP contribution in [0.2, 0.25) is 0 Å². The van der Waals surface area contributed by atoms with Crippen LogP contribution in [-0.4, -0.2) is 13.1 Å². The van der Waals surface area contributed by atoms with Crippen LogP contribution in [-0.2, 0) is 6.32 Å². The Morgan fingerprint density at radius 2 is 2.27 bits per heavy atom. The first-order valence-electron chi connectivity index (χ1n) is 3.53. The number of carbonyl (C=O) groups is 1. The Morgan fingerprint density at radius 1 is 1.55 bits per heavy atom. The highest BCUT2D eigenvalue weighted by Crippen LogP contribution is 2.07. The molecule has 0 aliphatic carbocycles. The van der Waals surface area contributed by atoms with Gasteiger partial charge in [0.15, 0.2) is 0 Å². The predicted molar refractivity (Wildman–Crippen MR) is 48.9 cm³/mol. The van der Waals surface area contributed by atoms with Gasteiger partial charge in [-0.15, -0.1) is 0 Å². The minimum atomic E-state index is -0.389. The van der Waals surface area contributed by atoms with Gasteiger partial charge in [-0.1, -0.05) is 30.1 Å². The monoisotopic (exact) mass is 166 g/mol. The van der Waals surface area contributed by atoms with Crippen molar-refractivity contribution in [2.75, 3.05) is 0 Å². The molecule has 0 unspecified atom stereocenters. The summed E-state index contributed by atoms with van der Waals surface area (Å²) in [7, 11) is 2.04. The molecule has 0 saturated carbocycles. The van der Waals surface area contributed by atoms with Crippen LogP contribution < -0.4 is 0 Å². The molecule has 1 aromatic rings. The third kappa shape index (κ3) is 2.09. The zero-order valence-electron chi connectivity index (χ0n) is 6.30. The number of hydrogen-bond acceptors (Lipinski definition) is 1. The van der Waals surface area contributed by atoms with Gasteiger partial charge < -0.3 is 0 Å². The molecule has 56 valence electrons. The fourth-order valence-corrected chi connectivity index (χ4v) is 1.03. The van der Waals surface area contributed by atoms with E-state index in [1.165, 1.54) is 0 Å². The lowest BCUT2D eigenvalue weighted by Crippen LogP contribution is -1.91. The van der Waals surface area contributed by atoms with Crippen LogP contribution in [0, 0.1) is 0 Å². The smallest absolute Gasteiger partial charge is 0.252 e. The fourth-order valence-electron chi connectivity index (χ4n) is 0.914. The standard InChI is InChI=1S/C8H8BClO/c9-5-6-2-1-3-7(4-6)8(10)11/h1-4H,5,9H2. The summed E-state index contributed by atoms with van der Waals surface area (Å²) < 4.78 is 0. The van der Waals surface area contributed by atoms with Crippen molar-refractivity contribution >= 4 is 24.7 Å². The Balaban J connectivity index is 3.01. The highest BCUT2D eigenvalue weighted by Gasteiger charge is 2.00. The third-order valence-electron chi connectivity index (χ3n) is 1.56. The lowest BCUT2D eigenvalue weighted by Gasteiger charge is -1.96.